The van der Waals surface area contributed by atoms with Crippen molar-refractivity contribution >= 4 is 55.8 Å². The van der Waals surface area contributed by atoms with Crippen molar-refractivity contribution in [3.8, 4) is 0 Å². The molecule has 140 valence electrons. The second-order valence-corrected chi connectivity index (χ2v) is 4.93. The lowest BCUT2D eigenvalue weighted by Gasteiger charge is -1.79. The second kappa shape index (κ2) is 26.6. The molecule has 24 heavy (non-hydrogen) atoms. The van der Waals surface area contributed by atoms with E-state index >= 15 is 0 Å². The van der Waals surface area contributed by atoms with Gasteiger partial charge in [-0.15, -0.1) is 0 Å². The van der Waals surface area contributed by atoms with Crippen LogP contribution in [0.25, 0.3) is 0 Å². The van der Waals surface area contributed by atoms with Crippen LogP contribution in [0.1, 0.15) is 19.3 Å². The van der Waals surface area contributed by atoms with Crippen LogP contribution >= 0.6 is 37.9 Å². The minimum Gasteiger partial charge on any atom is -0.481 e. The van der Waals surface area contributed by atoms with Crippen molar-refractivity contribution in [2.75, 3.05) is 17.3 Å². The molecule has 6 nitrogen and oxygen atoms in total. The summed E-state index contributed by atoms with van der Waals surface area (Å²) in [4.78, 5) is 28.7. The van der Waals surface area contributed by atoms with Gasteiger partial charge in [-0.1, -0.05) is 31.9 Å². The Morgan fingerprint density at radius 1 is 0.708 bits per heavy atom. The summed E-state index contributed by atoms with van der Waals surface area (Å²) in [6.07, 6.45) is 3.79. The lowest BCUT2D eigenvalue weighted by atomic mass is 10.3. The molecule has 0 spiro atoms. The van der Waals surface area contributed by atoms with Crippen molar-refractivity contribution in [3.63, 3.8) is 0 Å². The van der Waals surface area contributed by atoms with Crippen LogP contribution in [0.5, 0.6) is 0 Å². The van der Waals surface area contributed by atoms with E-state index in [9.17, 15) is 14.4 Å². The summed E-state index contributed by atoms with van der Waals surface area (Å²) in [7, 11) is 0. The molecule has 0 fully saturated rings. The zero-order chi connectivity index (χ0) is 20.0. The second-order valence-electron chi connectivity index (χ2n) is 3.59. The molecule has 0 amide bonds. The highest BCUT2D eigenvalue weighted by molar-refractivity contribution is 7.80. The number of carboxylic acids is 3. The van der Waals surface area contributed by atoms with Gasteiger partial charge in [0.15, 0.2) is 0 Å². The van der Waals surface area contributed by atoms with Crippen LogP contribution in [0.3, 0.4) is 0 Å². The van der Waals surface area contributed by atoms with E-state index in [1.165, 1.54) is 0 Å². The summed E-state index contributed by atoms with van der Waals surface area (Å²) in [5, 5.41) is 23.6. The summed E-state index contributed by atoms with van der Waals surface area (Å²) in [6, 6.07) is 0. The highest BCUT2D eigenvalue weighted by atomic mass is 32.1. The molecule has 0 aromatic heterocycles. The Morgan fingerprint density at radius 3 is 0.917 bits per heavy atom. The Hall–Kier alpha value is -1.32. The van der Waals surface area contributed by atoms with Gasteiger partial charge in [-0.2, -0.15) is 37.9 Å². The molecule has 0 radical (unpaired) electrons. The number of aliphatic carboxylic acids is 3. The van der Waals surface area contributed by atoms with Crippen molar-refractivity contribution in [2.24, 2.45) is 0 Å². The summed E-state index contributed by atoms with van der Waals surface area (Å²) in [6.45, 7) is 10.5. The SMILES string of the molecule is C=CC(=C)C=C.O=C(O)CCS.O=C(O)CCS.O=C(O)CCS. The molecule has 0 saturated carbocycles. The number of carboxylic acid groups (broad SMARTS) is 3. The monoisotopic (exact) mass is 398 g/mol. The predicted octanol–water partition coefficient (Wildman–Crippen LogP) is 3.09. The van der Waals surface area contributed by atoms with E-state index in [4.69, 9.17) is 15.3 Å². The molecular weight excluding hydrogens is 372 g/mol. The van der Waals surface area contributed by atoms with E-state index in [0.29, 0.717) is 17.3 Å². The fourth-order valence-electron chi connectivity index (χ4n) is 0.370. The molecule has 0 aromatic rings. The minimum atomic E-state index is -0.787. The Balaban J connectivity index is -0.000000111. The third-order valence-corrected chi connectivity index (χ3v) is 2.17. The van der Waals surface area contributed by atoms with Gasteiger partial charge in [0.2, 0.25) is 0 Å². The molecule has 0 aromatic carbocycles. The minimum absolute atomic E-state index is 0.156. The maximum Gasteiger partial charge on any atom is 0.304 e. The molecule has 0 rings (SSSR count). The number of rotatable bonds is 8. The number of thiol groups is 3. The van der Waals surface area contributed by atoms with Crippen LogP contribution < -0.4 is 0 Å². The zero-order valence-corrected chi connectivity index (χ0v) is 16.1. The average molecular weight is 399 g/mol. The Kier molecular flexibility index (Phi) is 33.8. The van der Waals surface area contributed by atoms with E-state index < -0.39 is 17.9 Å². The lowest BCUT2D eigenvalue weighted by Crippen LogP contribution is -1.93. The van der Waals surface area contributed by atoms with Crippen LogP contribution in [0.2, 0.25) is 0 Å². The molecule has 0 aliphatic carbocycles. The smallest absolute Gasteiger partial charge is 0.304 e. The average Bonchev–Trinajstić information content (AvgIpc) is 2.47. The van der Waals surface area contributed by atoms with Gasteiger partial charge in [-0.3, -0.25) is 14.4 Å². The first-order valence-corrected chi connectivity index (χ1v) is 8.44. The van der Waals surface area contributed by atoms with Crippen LogP contribution in [-0.4, -0.2) is 50.5 Å². The van der Waals surface area contributed by atoms with E-state index in [1.54, 1.807) is 12.2 Å². The van der Waals surface area contributed by atoms with E-state index in [2.05, 4.69) is 57.6 Å². The van der Waals surface area contributed by atoms with Gasteiger partial charge < -0.3 is 15.3 Å². The van der Waals surface area contributed by atoms with Gasteiger partial charge in [0.1, 0.15) is 0 Å². The van der Waals surface area contributed by atoms with Gasteiger partial charge in [0.05, 0.1) is 19.3 Å². The Morgan fingerprint density at radius 2 is 0.917 bits per heavy atom. The summed E-state index contributed by atoms with van der Waals surface area (Å²) in [5.41, 5.74) is 0.870. The third-order valence-electron chi connectivity index (χ3n) is 1.50. The highest BCUT2D eigenvalue weighted by Crippen LogP contribution is 1.87. The van der Waals surface area contributed by atoms with Crippen molar-refractivity contribution < 1.29 is 29.7 Å². The molecule has 0 heterocycles. The first-order chi connectivity index (χ1) is 11.1. The highest BCUT2D eigenvalue weighted by Gasteiger charge is 1.89. The molecule has 0 aliphatic rings. The van der Waals surface area contributed by atoms with Crippen molar-refractivity contribution in [1.82, 2.24) is 0 Å². The van der Waals surface area contributed by atoms with Crippen LogP contribution in [-0.2, 0) is 14.4 Å². The molecule has 9 heteroatoms. The third kappa shape index (κ3) is 58.7. The first-order valence-electron chi connectivity index (χ1n) is 6.54. The van der Waals surface area contributed by atoms with E-state index in [1.807, 2.05) is 0 Å². The van der Waals surface area contributed by atoms with Gasteiger partial charge in [0, 0.05) is 17.3 Å². The molecule has 0 saturated heterocycles. The van der Waals surface area contributed by atoms with Crippen LogP contribution in [0.4, 0.5) is 0 Å². The van der Waals surface area contributed by atoms with E-state index in [0.717, 1.165) is 5.57 Å². The van der Waals surface area contributed by atoms with Gasteiger partial charge in [0.25, 0.3) is 0 Å². The first kappa shape index (κ1) is 30.5. The molecule has 0 atom stereocenters. The van der Waals surface area contributed by atoms with Crippen LogP contribution in [0.15, 0.2) is 37.5 Å². The Bertz CT molecular complexity index is 335. The topological polar surface area (TPSA) is 112 Å². The van der Waals surface area contributed by atoms with Gasteiger partial charge in [-0.05, 0) is 5.57 Å². The fraction of sp³-hybridized carbons (Fsp3) is 0.400. The molecule has 0 bridgehead atoms. The summed E-state index contributed by atoms with van der Waals surface area (Å²) < 4.78 is 0. The van der Waals surface area contributed by atoms with Crippen molar-refractivity contribution in [2.45, 2.75) is 19.3 Å². The number of carbonyl (C=O) groups is 3. The number of hydrogen-bond donors (Lipinski definition) is 6. The van der Waals surface area contributed by atoms with E-state index in [-0.39, 0.29) is 19.3 Å². The standard InChI is InChI=1S/C6H8.3C3H6O2S/c1-4-6(3)5-2;3*4-3(5)1-2-6/h4-5H,1-3H2;3*6H,1-2H2,(H,4,5). The van der Waals surface area contributed by atoms with Crippen molar-refractivity contribution in [3.05, 3.63) is 37.5 Å². The summed E-state index contributed by atoms with van der Waals surface area (Å²) >= 11 is 11.0. The number of allylic oxidation sites excluding steroid dienone is 3. The fourth-order valence-corrected chi connectivity index (χ4v) is 0.944. The summed E-state index contributed by atoms with van der Waals surface area (Å²) in [5.74, 6) is -1.08. The Labute approximate surface area is 159 Å². The zero-order valence-electron chi connectivity index (χ0n) is 13.4. The molecule has 3 N–H and O–H groups in total. The molecule has 0 unspecified atom stereocenters. The molecule has 0 aliphatic heterocycles. The maximum atomic E-state index is 9.55. The van der Waals surface area contributed by atoms with Gasteiger partial charge in [-0.25, -0.2) is 0 Å². The lowest BCUT2D eigenvalue weighted by molar-refractivity contribution is -0.137. The number of hydrogen-bond acceptors (Lipinski definition) is 6. The van der Waals surface area contributed by atoms with Crippen molar-refractivity contribution in [1.29, 1.82) is 0 Å². The largest absolute Gasteiger partial charge is 0.481 e. The predicted molar refractivity (Wildman–Crippen MR) is 108 cm³/mol. The quantitative estimate of drug-likeness (QED) is 0.277. The normalized spacial score (nSPS) is 7.79. The van der Waals surface area contributed by atoms with Crippen LogP contribution in [0, 0.1) is 0 Å². The van der Waals surface area contributed by atoms with Gasteiger partial charge >= 0.3 is 17.9 Å². The maximum absolute atomic E-state index is 9.55. The molecular formula is C15H26O6S3.